The molecule has 3 N–H and O–H groups in total. The van der Waals surface area contributed by atoms with Crippen molar-refractivity contribution in [2.45, 2.75) is 19.0 Å². The molecule has 3 rings (SSSR count). The second kappa shape index (κ2) is 12.6. The molecule has 9 heteroatoms. The number of nitrogens with zero attached hydrogens (tertiary/aromatic N) is 2. The first-order valence-corrected chi connectivity index (χ1v) is 10.3. The maximum atomic E-state index is 12.1. The number of benzene rings is 2. The lowest BCUT2D eigenvalue weighted by Crippen LogP contribution is -2.47. The molecule has 1 aliphatic heterocycles. The summed E-state index contributed by atoms with van der Waals surface area (Å²) in [6.07, 6.45) is 0.941. The van der Waals surface area contributed by atoms with Crippen LogP contribution in [0.4, 0.5) is 5.69 Å². The van der Waals surface area contributed by atoms with Gasteiger partial charge in [0.05, 0.1) is 19.3 Å². The van der Waals surface area contributed by atoms with Crippen molar-refractivity contribution in [1.29, 1.82) is 0 Å². The summed E-state index contributed by atoms with van der Waals surface area (Å²) in [5, 5.41) is 10.1. The molecule has 1 atom stereocenters. The van der Waals surface area contributed by atoms with Crippen molar-refractivity contribution in [1.82, 2.24) is 16.0 Å². The molecule has 0 aromatic heterocycles. The van der Waals surface area contributed by atoms with Gasteiger partial charge in [0.2, 0.25) is 5.91 Å². The molecule has 1 aliphatic rings. The number of carbonyl (C=O) groups excluding carboxylic acids is 1. The summed E-state index contributed by atoms with van der Waals surface area (Å²) in [5.74, 6) is 1.32. The van der Waals surface area contributed by atoms with Crippen molar-refractivity contribution in [3.8, 4) is 5.75 Å². The lowest BCUT2D eigenvalue weighted by Gasteiger charge is -2.22. The Balaban J connectivity index is 0.00000341. The highest BCUT2D eigenvalue weighted by Crippen LogP contribution is 2.33. The molecule has 168 valence electrons. The minimum absolute atomic E-state index is 0. The summed E-state index contributed by atoms with van der Waals surface area (Å²) in [6.45, 7) is 2.33. The van der Waals surface area contributed by atoms with Gasteiger partial charge in [0.25, 0.3) is 0 Å². The Labute approximate surface area is 205 Å². The van der Waals surface area contributed by atoms with Gasteiger partial charge in [-0.25, -0.2) is 0 Å². The number of amides is 1. The van der Waals surface area contributed by atoms with Crippen LogP contribution in [0.2, 0.25) is 5.02 Å². The number of guanidine groups is 1. The maximum absolute atomic E-state index is 12.1. The van der Waals surface area contributed by atoms with Gasteiger partial charge in [-0.05, 0) is 30.2 Å². The number of anilines is 1. The molecule has 0 spiro atoms. The van der Waals surface area contributed by atoms with Crippen molar-refractivity contribution in [2.24, 2.45) is 4.99 Å². The van der Waals surface area contributed by atoms with Crippen LogP contribution in [0.15, 0.2) is 53.5 Å². The van der Waals surface area contributed by atoms with E-state index in [2.05, 4.69) is 25.8 Å². The standard InChI is InChI=1S/C22H28ClN5O2.HI/c1-24-22(26-14-21(29)25-13-16-6-4-3-5-7-16)27-18-10-11-28(15-18)19-12-17(23)8-9-20(19)30-2;/h3-9,12,18H,10-11,13-15H2,1-2H3,(H,25,29)(H2,24,26,27);1H. The van der Waals surface area contributed by atoms with Crippen LogP contribution in [0.25, 0.3) is 0 Å². The van der Waals surface area contributed by atoms with E-state index >= 15 is 0 Å². The summed E-state index contributed by atoms with van der Waals surface area (Å²) in [6, 6.07) is 15.7. The van der Waals surface area contributed by atoms with Crippen LogP contribution in [0, 0.1) is 0 Å². The van der Waals surface area contributed by atoms with E-state index in [9.17, 15) is 4.79 Å². The van der Waals surface area contributed by atoms with E-state index in [1.165, 1.54) is 0 Å². The van der Waals surface area contributed by atoms with E-state index in [1.807, 2.05) is 48.5 Å². The van der Waals surface area contributed by atoms with E-state index in [0.29, 0.717) is 17.5 Å². The first-order chi connectivity index (χ1) is 14.6. The normalized spacial score (nSPS) is 15.8. The molecule has 1 fully saturated rings. The third-order valence-electron chi connectivity index (χ3n) is 4.98. The summed E-state index contributed by atoms with van der Waals surface area (Å²) in [5.41, 5.74) is 2.05. The molecule has 1 saturated heterocycles. The quantitative estimate of drug-likeness (QED) is 0.277. The Morgan fingerprint density at radius 3 is 2.71 bits per heavy atom. The third kappa shape index (κ3) is 7.46. The molecule has 1 heterocycles. The van der Waals surface area contributed by atoms with E-state index in [0.717, 1.165) is 36.5 Å². The zero-order valence-electron chi connectivity index (χ0n) is 17.7. The van der Waals surface area contributed by atoms with Crippen molar-refractivity contribution < 1.29 is 9.53 Å². The smallest absolute Gasteiger partial charge is 0.239 e. The molecule has 0 saturated carbocycles. The molecule has 7 nitrogen and oxygen atoms in total. The fraction of sp³-hybridized carbons (Fsp3) is 0.364. The average Bonchev–Trinajstić information content (AvgIpc) is 3.24. The second-order valence-electron chi connectivity index (χ2n) is 7.08. The number of carbonyl (C=O) groups is 1. The number of hydrogen-bond donors (Lipinski definition) is 3. The van der Waals surface area contributed by atoms with Gasteiger partial charge in [0.1, 0.15) is 5.75 Å². The summed E-state index contributed by atoms with van der Waals surface area (Å²) in [7, 11) is 3.36. The summed E-state index contributed by atoms with van der Waals surface area (Å²) < 4.78 is 5.47. The number of methoxy groups -OCH3 is 1. The summed E-state index contributed by atoms with van der Waals surface area (Å²) >= 11 is 6.17. The van der Waals surface area contributed by atoms with Crippen molar-refractivity contribution >= 4 is 53.1 Å². The fourth-order valence-electron chi connectivity index (χ4n) is 3.42. The highest BCUT2D eigenvalue weighted by atomic mass is 127. The Morgan fingerprint density at radius 2 is 2.00 bits per heavy atom. The highest BCUT2D eigenvalue weighted by molar-refractivity contribution is 14.0. The van der Waals surface area contributed by atoms with Gasteiger partial charge in [-0.2, -0.15) is 0 Å². The predicted molar refractivity (Wildman–Crippen MR) is 137 cm³/mol. The molecule has 2 aromatic rings. The minimum atomic E-state index is -0.0847. The Kier molecular flexibility index (Phi) is 10.2. The number of aliphatic imine (C=N–C) groups is 1. The molecule has 0 aliphatic carbocycles. The van der Waals surface area contributed by atoms with Crippen molar-refractivity contribution in [2.75, 3.05) is 38.7 Å². The lowest BCUT2D eigenvalue weighted by molar-refractivity contribution is -0.120. The van der Waals surface area contributed by atoms with Gasteiger partial charge in [-0.3, -0.25) is 9.79 Å². The monoisotopic (exact) mass is 557 g/mol. The molecule has 0 radical (unpaired) electrons. The molecule has 0 bridgehead atoms. The molecule has 1 amide bonds. The Hall–Kier alpha value is -2.20. The van der Waals surface area contributed by atoms with Gasteiger partial charge in [-0.15, -0.1) is 24.0 Å². The molecular formula is C22H29ClIN5O2. The van der Waals surface area contributed by atoms with Gasteiger partial charge >= 0.3 is 0 Å². The number of nitrogens with one attached hydrogen (secondary N) is 3. The van der Waals surface area contributed by atoms with Gasteiger partial charge in [0, 0.05) is 37.7 Å². The third-order valence-corrected chi connectivity index (χ3v) is 5.22. The van der Waals surface area contributed by atoms with Gasteiger partial charge < -0.3 is 25.6 Å². The van der Waals surface area contributed by atoms with E-state index in [1.54, 1.807) is 14.2 Å². The molecule has 31 heavy (non-hydrogen) atoms. The predicted octanol–water partition coefficient (Wildman–Crippen LogP) is 3.03. The zero-order valence-corrected chi connectivity index (χ0v) is 20.8. The average molecular weight is 558 g/mol. The van der Waals surface area contributed by atoms with Crippen LogP contribution < -0.4 is 25.6 Å². The van der Waals surface area contributed by atoms with E-state index < -0.39 is 0 Å². The topological polar surface area (TPSA) is 78.0 Å². The lowest BCUT2D eigenvalue weighted by atomic mass is 10.2. The summed E-state index contributed by atoms with van der Waals surface area (Å²) in [4.78, 5) is 18.6. The molecule has 2 aromatic carbocycles. The van der Waals surface area contributed by atoms with Crippen LogP contribution in [0.1, 0.15) is 12.0 Å². The van der Waals surface area contributed by atoms with Crippen molar-refractivity contribution in [3.05, 3.63) is 59.1 Å². The number of ether oxygens (including phenoxy) is 1. The first-order valence-electron chi connectivity index (χ1n) is 9.95. The number of hydrogen-bond acceptors (Lipinski definition) is 4. The number of halogens is 2. The van der Waals surface area contributed by atoms with Crippen LogP contribution >= 0.6 is 35.6 Å². The van der Waals surface area contributed by atoms with E-state index in [-0.39, 0.29) is 42.5 Å². The van der Waals surface area contributed by atoms with Gasteiger partial charge in [-0.1, -0.05) is 41.9 Å². The fourth-order valence-corrected chi connectivity index (χ4v) is 3.58. The van der Waals surface area contributed by atoms with Crippen LogP contribution in [0.3, 0.4) is 0 Å². The largest absolute Gasteiger partial charge is 0.495 e. The number of rotatable bonds is 7. The SMILES string of the molecule is CN=C(NCC(=O)NCc1ccccc1)NC1CCN(c2cc(Cl)ccc2OC)C1.I. The zero-order chi connectivity index (χ0) is 21.3. The highest BCUT2D eigenvalue weighted by Gasteiger charge is 2.25. The van der Waals surface area contributed by atoms with Crippen molar-refractivity contribution in [3.63, 3.8) is 0 Å². The Morgan fingerprint density at radius 1 is 1.23 bits per heavy atom. The first kappa shape index (κ1) is 25.1. The maximum Gasteiger partial charge on any atom is 0.239 e. The van der Waals surface area contributed by atoms with Gasteiger partial charge in [0.15, 0.2) is 5.96 Å². The Bertz CT molecular complexity index is 881. The minimum Gasteiger partial charge on any atom is -0.495 e. The van der Waals surface area contributed by atoms with E-state index in [4.69, 9.17) is 16.3 Å². The second-order valence-corrected chi connectivity index (χ2v) is 7.52. The molecular weight excluding hydrogens is 529 g/mol. The van der Waals surface area contributed by atoms with Crippen LogP contribution in [-0.4, -0.2) is 51.7 Å². The van der Waals surface area contributed by atoms with Crippen LogP contribution in [-0.2, 0) is 11.3 Å². The van der Waals surface area contributed by atoms with Crippen LogP contribution in [0.5, 0.6) is 5.75 Å². The molecule has 1 unspecified atom stereocenters.